The summed E-state index contributed by atoms with van der Waals surface area (Å²) in [5.41, 5.74) is 0.419. The number of hydrogen-bond acceptors (Lipinski definition) is 5. The molecular weight excluding hydrogens is 265 g/mol. The smallest absolute Gasteiger partial charge is 0.299 e. The molecule has 3 rings (SSSR count). The van der Waals surface area contributed by atoms with Gasteiger partial charge in [-0.05, 0) is 18.2 Å². The molecule has 1 aromatic carbocycles. The molecule has 0 bridgehead atoms. The van der Waals surface area contributed by atoms with Crippen LogP contribution in [-0.2, 0) is 17.8 Å². The molecule has 0 aliphatic carbocycles. The number of rotatable bonds is 3. The van der Waals surface area contributed by atoms with Gasteiger partial charge in [-0.15, -0.1) is 10.2 Å². The quantitative estimate of drug-likeness (QED) is 0.793. The number of fused-ring (bicyclic) bond motifs is 1. The van der Waals surface area contributed by atoms with E-state index in [0.717, 1.165) is 17.0 Å². The molecule has 2 heterocycles. The summed E-state index contributed by atoms with van der Waals surface area (Å²) >= 11 is 0. The van der Waals surface area contributed by atoms with Crippen LogP contribution in [0.3, 0.4) is 0 Å². The van der Waals surface area contributed by atoms with E-state index in [0.29, 0.717) is 12.3 Å². The van der Waals surface area contributed by atoms with Crippen LogP contribution in [0.2, 0.25) is 0 Å². The number of carbonyl (C=O) groups excluding carboxylic acids is 2. The highest BCUT2D eigenvalue weighted by Gasteiger charge is 2.36. The number of aromatic nitrogens is 2. The van der Waals surface area contributed by atoms with Gasteiger partial charge in [-0.2, -0.15) is 0 Å². The molecule has 20 heavy (non-hydrogen) atoms. The normalized spacial score (nSPS) is 14.0. The van der Waals surface area contributed by atoms with E-state index in [1.54, 1.807) is 0 Å². The molecule has 0 radical (unpaired) electrons. The summed E-state index contributed by atoms with van der Waals surface area (Å²) in [4.78, 5) is 24.9. The summed E-state index contributed by atoms with van der Waals surface area (Å²) in [6.07, 6.45) is 0.574. The molecular formula is C13H10FN3O3. The van der Waals surface area contributed by atoms with Crippen molar-refractivity contribution in [2.75, 3.05) is 4.90 Å². The second kappa shape index (κ2) is 4.52. The summed E-state index contributed by atoms with van der Waals surface area (Å²) in [5, 5.41) is 7.57. The summed E-state index contributed by atoms with van der Waals surface area (Å²) in [7, 11) is 0. The van der Waals surface area contributed by atoms with Gasteiger partial charge >= 0.3 is 0 Å². The first-order valence-corrected chi connectivity index (χ1v) is 6.07. The summed E-state index contributed by atoms with van der Waals surface area (Å²) in [6.45, 7) is 1.81. The van der Waals surface area contributed by atoms with Crippen LogP contribution in [0.1, 0.15) is 29.1 Å². The van der Waals surface area contributed by atoms with Crippen molar-refractivity contribution in [1.29, 1.82) is 0 Å². The van der Waals surface area contributed by atoms with Crippen LogP contribution in [0.4, 0.5) is 10.1 Å². The van der Waals surface area contributed by atoms with Gasteiger partial charge in [0.05, 0.1) is 11.3 Å². The van der Waals surface area contributed by atoms with Crippen molar-refractivity contribution in [3.05, 3.63) is 41.4 Å². The number of Topliss-reactive ketones (excluding diaryl/α,β-unsaturated/α-hetero) is 1. The molecule has 1 aromatic heterocycles. The maximum atomic E-state index is 13.3. The molecule has 1 amide bonds. The van der Waals surface area contributed by atoms with Gasteiger partial charge in [-0.1, -0.05) is 6.92 Å². The molecule has 2 aromatic rings. The lowest BCUT2D eigenvalue weighted by Crippen LogP contribution is -2.29. The summed E-state index contributed by atoms with van der Waals surface area (Å²) in [6, 6.07) is 3.60. The first kappa shape index (κ1) is 12.5. The predicted molar refractivity (Wildman–Crippen MR) is 65.6 cm³/mol. The molecule has 0 spiro atoms. The Hall–Kier alpha value is -2.57. The lowest BCUT2D eigenvalue weighted by atomic mass is 10.1. The van der Waals surface area contributed by atoms with Gasteiger partial charge in [0, 0.05) is 6.42 Å². The Kier molecular flexibility index (Phi) is 2.81. The fourth-order valence-corrected chi connectivity index (χ4v) is 2.05. The molecule has 0 N–H and O–H groups in total. The average Bonchev–Trinajstić information content (AvgIpc) is 2.98. The first-order valence-electron chi connectivity index (χ1n) is 6.07. The average molecular weight is 275 g/mol. The highest BCUT2D eigenvalue weighted by Crippen LogP contribution is 2.30. The third kappa shape index (κ3) is 1.87. The minimum Gasteiger partial charge on any atom is -0.423 e. The van der Waals surface area contributed by atoms with Gasteiger partial charge in [0.15, 0.2) is 0 Å². The number of hydrogen-bond donors (Lipinski definition) is 0. The van der Waals surface area contributed by atoms with Gasteiger partial charge in [0.1, 0.15) is 12.4 Å². The standard InChI is InChI=1S/C13H10FN3O3/c1-2-10-15-16-11(20-10)6-17-9-5-7(14)3-4-8(9)12(18)13(17)19/h3-5H,2,6H2,1H3. The number of ketones is 1. The maximum Gasteiger partial charge on any atom is 0.299 e. The minimum absolute atomic E-state index is 0.0476. The maximum absolute atomic E-state index is 13.3. The number of carbonyl (C=O) groups is 2. The van der Waals surface area contributed by atoms with Crippen molar-refractivity contribution in [2.45, 2.75) is 19.9 Å². The van der Waals surface area contributed by atoms with Crippen LogP contribution in [0.15, 0.2) is 22.6 Å². The monoisotopic (exact) mass is 275 g/mol. The molecule has 0 atom stereocenters. The third-order valence-corrected chi connectivity index (χ3v) is 3.04. The Balaban J connectivity index is 1.96. The Bertz CT molecular complexity index is 711. The van der Waals surface area contributed by atoms with Crippen LogP contribution in [0.25, 0.3) is 0 Å². The zero-order valence-electron chi connectivity index (χ0n) is 10.6. The van der Waals surface area contributed by atoms with Crippen LogP contribution in [-0.4, -0.2) is 21.9 Å². The van der Waals surface area contributed by atoms with Crippen LogP contribution in [0, 0.1) is 5.82 Å². The number of amides is 1. The number of benzene rings is 1. The highest BCUT2D eigenvalue weighted by molar-refractivity contribution is 6.52. The van der Waals surface area contributed by atoms with Gasteiger partial charge in [0.2, 0.25) is 11.8 Å². The fraction of sp³-hybridized carbons (Fsp3) is 0.231. The molecule has 7 heteroatoms. The van der Waals surface area contributed by atoms with E-state index in [9.17, 15) is 14.0 Å². The second-order valence-corrected chi connectivity index (χ2v) is 4.32. The van der Waals surface area contributed by atoms with E-state index in [4.69, 9.17) is 4.42 Å². The van der Waals surface area contributed by atoms with Gasteiger partial charge in [-0.25, -0.2) is 4.39 Å². The summed E-state index contributed by atoms with van der Waals surface area (Å²) in [5.74, 6) is -1.24. The third-order valence-electron chi connectivity index (χ3n) is 3.04. The number of nitrogens with zero attached hydrogens (tertiary/aromatic N) is 3. The predicted octanol–water partition coefficient (Wildman–Crippen LogP) is 1.50. The Morgan fingerprint density at radius 3 is 2.70 bits per heavy atom. The van der Waals surface area contributed by atoms with Gasteiger partial charge in [0.25, 0.3) is 11.7 Å². The summed E-state index contributed by atoms with van der Waals surface area (Å²) < 4.78 is 18.6. The number of halogens is 1. The molecule has 1 aliphatic rings. The topological polar surface area (TPSA) is 76.3 Å². The van der Waals surface area contributed by atoms with E-state index in [-0.39, 0.29) is 23.7 Å². The largest absolute Gasteiger partial charge is 0.423 e. The molecule has 1 aliphatic heterocycles. The van der Waals surface area contributed by atoms with Crippen molar-refractivity contribution in [1.82, 2.24) is 10.2 Å². The number of aryl methyl sites for hydroxylation is 1. The molecule has 0 fully saturated rings. The highest BCUT2D eigenvalue weighted by atomic mass is 19.1. The van der Waals surface area contributed by atoms with Gasteiger partial charge < -0.3 is 4.42 Å². The Morgan fingerprint density at radius 1 is 1.25 bits per heavy atom. The van der Waals surface area contributed by atoms with Crippen molar-refractivity contribution < 1.29 is 18.4 Å². The fourth-order valence-electron chi connectivity index (χ4n) is 2.05. The van der Waals surface area contributed by atoms with E-state index in [1.807, 2.05) is 6.92 Å². The van der Waals surface area contributed by atoms with Crippen molar-refractivity contribution in [2.24, 2.45) is 0 Å². The molecule has 0 unspecified atom stereocenters. The lowest BCUT2D eigenvalue weighted by Gasteiger charge is -2.13. The van der Waals surface area contributed by atoms with Crippen LogP contribution in [0.5, 0.6) is 0 Å². The van der Waals surface area contributed by atoms with Crippen LogP contribution >= 0.6 is 0 Å². The van der Waals surface area contributed by atoms with E-state index < -0.39 is 17.5 Å². The minimum atomic E-state index is -0.721. The van der Waals surface area contributed by atoms with E-state index >= 15 is 0 Å². The van der Waals surface area contributed by atoms with Crippen molar-refractivity contribution in [3.8, 4) is 0 Å². The SMILES string of the molecule is CCc1nnc(CN2C(=O)C(=O)c3ccc(F)cc32)o1. The lowest BCUT2D eigenvalue weighted by molar-refractivity contribution is -0.114. The second-order valence-electron chi connectivity index (χ2n) is 4.32. The van der Waals surface area contributed by atoms with Gasteiger partial charge in [-0.3, -0.25) is 14.5 Å². The van der Waals surface area contributed by atoms with Crippen LogP contribution < -0.4 is 4.90 Å². The molecule has 6 nitrogen and oxygen atoms in total. The van der Waals surface area contributed by atoms with E-state index in [2.05, 4.69) is 10.2 Å². The Labute approximate surface area is 113 Å². The Morgan fingerprint density at radius 2 is 2.00 bits per heavy atom. The number of anilines is 1. The molecule has 0 saturated heterocycles. The molecule has 0 saturated carbocycles. The zero-order valence-corrected chi connectivity index (χ0v) is 10.6. The van der Waals surface area contributed by atoms with Crippen molar-refractivity contribution in [3.63, 3.8) is 0 Å². The zero-order chi connectivity index (χ0) is 14.3. The molecule has 102 valence electrons. The first-order chi connectivity index (χ1) is 9.60. The van der Waals surface area contributed by atoms with Crippen molar-refractivity contribution >= 4 is 17.4 Å². The van der Waals surface area contributed by atoms with E-state index in [1.165, 1.54) is 6.07 Å².